The first-order valence-electron chi connectivity index (χ1n) is 3.66. The van der Waals surface area contributed by atoms with Crippen LogP contribution in [0.25, 0.3) is 0 Å². The Kier molecular flexibility index (Phi) is 4.49. The Morgan fingerprint density at radius 3 is 2.31 bits per heavy atom. The summed E-state index contributed by atoms with van der Waals surface area (Å²) < 4.78 is 6.01. The van der Waals surface area contributed by atoms with Gasteiger partial charge in [-0.2, -0.15) is 0 Å². The third kappa shape index (κ3) is 4.29. The van der Waals surface area contributed by atoms with Crippen LogP contribution in [0.4, 0.5) is 0 Å². The van der Waals surface area contributed by atoms with Crippen molar-refractivity contribution >= 4 is 32.2 Å². The Bertz CT molecular complexity index is 308. The van der Waals surface area contributed by atoms with E-state index in [1.807, 2.05) is 0 Å². The summed E-state index contributed by atoms with van der Waals surface area (Å²) in [5, 5.41) is 1.18. The number of carbonyl (C=O) groups excluding carboxylic acids is 1. The van der Waals surface area contributed by atoms with E-state index in [-0.39, 0.29) is 5.97 Å². The molecule has 0 heterocycles. The van der Waals surface area contributed by atoms with Gasteiger partial charge in [0.2, 0.25) is 0 Å². The normalized spacial score (nSPS) is 9.15. The number of hydrogen-bond donors (Lipinski definition) is 0. The predicted octanol–water partition coefficient (Wildman–Crippen LogP) is 2.18. The Balaban J connectivity index is 2.71. The van der Waals surface area contributed by atoms with Crippen LogP contribution in [0, 0.1) is 0 Å². The van der Waals surface area contributed by atoms with Crippen molar-refractivity contribution in [2.45, 2.75) is 6.92 Å². The van der Waals surface area contributed by atoms with E-state index in [0.29, 0.717) is 10.0 Å². The molecule has 0 aliphatic rings. The SMILES string of the molecule is CC(=O)[O][Hg][c]1cc(Cl)cc(Cl)c1. The fraction of sp³-hybridized carbons (Fsp3) is 0.125. The summed E-state index contributed by atoms with van der Waals surface area (Å²) in [5.74, 6) is -0.224. The Labute approximate surface area is 99.3 Å². The average Bonchev–Trinajstić information content (AvgIpc) is 1.99. The first-order valence-corrected chi connectivity index (χ1v) is 9.41. The molecule has 0 saturated heterocycles. The van der Waals surface area contributed by atoms with Gasteiger partial charge in [-0.3, -0.25) is 0 Å². The van der Waals surface area contributed by atoms with Crippen LogP contribution in [0.2, 0.25) is 10.0 Å². The zero-order valence-corrected chi connectivity index (χ0v) is 14.0. The van der Waals surface area contributed by atoms with Gasteiger partial charge >= 0.3 is 99.9 Å². The molecule has 2 nitrogen and oxygen atoms in total. The molecule has 0 aliphatic heterocycles. The summed E-state index contributed by atoms with van der Waals surface area (Å²) in [5.41, 5.74) is 0. The van der Waals surface area contributed by atoms with Crippen LogP contribution in [0.5, 0.6) is 0 Å². The maximum atomic E-state index is 10.6. The van der Waals surface area contributed by atoms with Crippen molar-refractivity contribution < 1.29 is 32.5 Å². The summed E-state index contributed by atoms with van der Waals surface area (Å²) in [4.78, 5) is 10.6. The van der Waals surface area contributed by atoms with Crippen LogP contribution in [0.3, 0.4) is 0 Å². The molecule has 1 rings (SSSR count). The molecule has 0 radical (unpaired) electrons. The van der Waals surface area contributed by atoms with E-state index in [9.17, 15) is 4.79 Å². The molecule has 66 valence electrons. The van der Waals surface area contributed by atoms with Gasteiger partial charge in [0.1, 0.15) is 0 Å². The van der Waals surface area contributed by atoms with E-state index in [0.717, 1.165) is 3.07 Å². The first-order chi connectivity index (χ1) is 6.08. The molecule has 0 N–H and O–H groups in total. The molecule has 0 amide bonds. The second kappa shape index (κ2) is 5.18. The van der Waals surface area contributed by atoms with E-state index in [2.05, 4.69) is 0 Å². The van der Waals surface area contributed by atoms with Gasteiger partial charge in [0, 0.05) is 0 Å². The molecule has 0 atom stereocenters. The fourth-order valence-corrected chi connectivity index (χ4v) is 6.25. The Morgan fingerprint density at radius 2 is 1.85 bits per heavy atom. The van der Waals surface area contributed by atoms with E-state index in [1.165, 1.54) is 6.92 Å². The molecule has 0 bridgehead atoms. The van der Waals surface area contributed by atoms with Crippen molar-refractivity contribution in [3.8, 4) is 0 Å². The molecule has 13 heavy (non-hydrogen) atoms. The first kappa shape index (κ1) is 11.3. The van der Waals surface area contributed by atoms with E-state index in [4.69, 9.17) is 25.8 Å². The van der Waals surface area contributed by atoms with Crippen LogP contribution in [-0.4, -0.2) is 5.97 Å². The van der Waals surface area contributed by atoms with Crippen LogP contribution < -0.4 is 3.07 Å². The molecule has 0 unspecified atom stereocenters. The van der Waals surface area contributed by atoms with Crippen LogP contribution in [0.15, 0.2) is 18.2 Å². The van der Waals surface area contributed by atoms with Gasteiger partial charge in [-0.25, -0.2) is 0 Å². The maximum absolute atomic E-state index is 10.6. The molecule has 1 aromatic rings. The molecular formula is C8H6Cl2HgO2. The molecule has 0 saturated carbocycles. The van der Waals surface area contributed by atoms with Crippen molar-refractivity contribution in [1.82, 2.24) is 0 Å². The minimum absolute atomic E-state index is 0.224. The summed E-state index contributed by atoms with van der Waals surface area (Å²) >= 11 is 9.80. The van der Waals surface area contributed by atoms with Crippen molar-refractivity contribution in [1.29, 1.82) is 0 Å². The number of hydrogen-bond acceptors (Lipinski definition) is 2. The number of rotatable bonds is 2. The standard InChI is InChI=1S/C6H3Cl2.C2H4O2.Hg/c7-5-2-1-3-6(8)4-5;1-2(3)4;/h2-4H;1H3,(H,3,4);/q;;+1/p-1. The zero-order chi connectivity index (χ0) is 9.84. The molecule has 0 aromatic heterocycles. The van der Waals surface area contributed by atoms with Gasteiger partial charge in [-0.05, 0) is 0 Å². The minimum atomic E-state index is -1.75. The van der Waals surface area contributed by atoms with Crippen LogP contribution in [0.1, 0.15) is 6.92 Å². The molecule has 0 spiro atoms. The topological polar surface area (TPSA) is 26.3 Å². The molecule has 1 aromatic carbocycles. The van der Waals surface area contributed by atoms with Crippen LogP contribution in [-0.2, 0) is 32.5 Å². The zero-order valence-electron chi connectivity index (χ0n) is 7.01. The van der Waals surface area contributed by atoms with Gasteiger partial charge in [0.15, 0.2) is 0 Å². The van der Waals surface area contributed by atoms with E-state index >= 15 is 0 Å². The Hall–Kier alpha value is 0.205. The van der Waals surface area contributed by atoms with Crippen LogP contribution >= 0.6 is 23.2 Å². The second-order valence-corrected chi connectivity index (χ2v) is 8.85. The van der Waals surface area contributed by atoms with Gasteiger partial charge in [0.25, 0.3) is 0 Å². The monoisotopic (exact) mass is 406 g/mol. The number of halogens is 2. The van der Waals surface area contributed by atoms with Crippen molar-refractivity contribution in [3.05, 3.63) is 28.2 Å². The summed E-state index contributed by atoms with van der Waals surface area (Å²) in [6, 6.07) is 5.27. The fourth-order valence-electron chi connectivity index (χ4n) is 0.879. The molecular weight excluding hydrogens is 400 g/mol. The number of benzene rings is 1. The van der Waals surface area contributed by atoms with Gasteiger partial charge in [0.05, 0.1) is 0 Å². The summed E-state index contributed by atoms with van der Waals surface area (Å²) in [6.07, 6.45) is 0. The van der Waals surface area contributed by atoms with Gasteiger partial charge in [-0.1, -0.05) is 0 Å². The second-order valence-electron chi connectivity index (χ2n) is 2.56. The molecule has 5 heteroatoms. The summed E-state index contributed by atoms with van der Waals surface area (Å²) in [7, 11) is 0. The average molecular weight is 406 g/mol. The van der Waals surface area contributed by atoms with Crippen molar-refractivity contribution in [2.75, 3.05) is 0 Å². The summed E-state index contributed by atoms with van der Waals surface area (Å²) in [6.45, 7) is 1.41. The third-order valence-electron chi connectivity index (χ3n) is 1.36. The van der Waals surface area contributed by atoms with Gasteiger partial charge in [-0.15, -0.1) is 0 Å². The third-order valence-corrected chi connectivity index (χ3v) is 6.83. The van der Waals surface area contributed by atoms with Crippen molar-refractivity contribution in [2.24, 2.45) is 0 Å². The quantitative estimate of drug-likeness (QED) is 0.705. The van der Waals surface area contributed by atoms with Gasteiger partial charge < -0.3 is 0 Å². The van der Waals surface area contributed by atoms with Crippen molar-refractivity contribution in [3.63, 3.8) is 0 Å². The van der Waals surface area contributed by atoms with E-state index in [1.54, 1.807) is 18.2 Å². The molecule has 0 fully saturated rings. The number of carbonyl (C=O) groups is 1. The molecule has 0 aliphatic carbocycles. The van der Waals surface area contributed by atoms with E-state index < -0.39 is 25.0 Å². The Morgan fingerprint density at radius 1 is 1.31 bits per heavy atom. The predicted molar refractivity (Wildman–Crippen MR) is 47.9 cm³/mol.